The summed E-state index contributed by atoms with van der Waals surface area (Å²) < 4.78 is 0. The molecule has 0 bridgehead atoms. The summed E-state index contributed by atoms with van der Waals surface area (Å²) in [5.41, 5.74) is -1.80. The van der Waals surface area contributed by atoms with E-state index in [-0.39, 0.29) is 61.3 Å². The molecule has 0 atom stereocenters. The molecular formula is C23H42LiNaO4. The van der Waals surface area contributed by atoms with Gasteiger partial charge in [-0.05, 0) is 12.8 Å². The first-order valence-corrected chi connectivity index (χ1v) is 11.4. The third-order valence-electron chi connectivity index (χ3n) is 5.70. The molecule has 0 aliphatic heterocycles. The molecule has 29 heavy (non-hydrogen) atoms. The molecule has 0 amide bonds. The average Bonchev–Trinajstić information content (AvgIpc) is 2.63. The Balaban J connectivity index is -0.00000338. The van der Waals surface area contributed by atoms with Gasteiger partial charge in [0, 0.05) is 5.41 Å². The van der Waals surface area contributed by atoms with Gasteiger partial charge in [-0.3, -0.25) is 0 Å². The van der Waals surface area contributed by atoms with Crippen molar-refractivity contribution in [2.75, 3.05) is 0 Å². The molecule has 0 aliphatic rings. The minimum Gasteiger partial charge on any atom is -0.549 e. The largest absolute Gasteiger partial charge is 1.00 e. The topological polar surface area (TPSA) is 80.3 Å². The molecule has 0 N–H and O–H groups in total. The standard InChI is InChI=1S/C23H44O4.Li.Na/c1-3-5-7-9-11-13-15-17-19-23(21(24)25,22(26)27)20-18-16-14-12-10-8-6-4-2;;/h3-20H2,1-2H3,(H,24,25)(H,26,27);;/q;2*+1/p-2. The van der Waals surface area contributed by atoms with E-state index in [1.807, 2.05) is 0 Å². The van der Waals surface area contributed by atoms with Crippen LogP contribution >= 0.6 is 0 Å². The summed E-state index contributed by atoms with van der Waals surface area (Å²) in [7, 11) is 0. The van der Waals surface area contributed by atoms with Crippen LogP contribution in [0.1, 0.15) is 129 Å². The van der Waals surface area contributed by atoms with E-state index in [9.17, 15) is 19.8 Å². The van der Waals surface area contributed by atoms with Crippen LogP contribution < -0.4 is 58.6 Å². The summed E-state index contributed by atoms with van der Waals surface area (Å²) in [6.07, 6.45) is 17.5. The monoisotopic (exact) mass is 412 g/mol. The van der Waals surface area contributed by atoms with Gasteiger partial charge >= 0.3 is 48.4 Å². The van der Waals surface area contributed by atoms with Gasteiger partial charge in [0.25, 0.3) is 0 Å². The molecule has 6 heteroatoms. The average molecular weight is 413 g/mol. The fourth-order valence-electron chi connectivity index (χ4n) is 3.74. The van der Waals surface area contributed by atoms with Crippen molar-refractivity contribution in [3.63, 3.8) is 0 Å². The predicted octanol–water partition coefficient (Wildman–Crippen LogP) is -1.46. The van der Waals surface area contributed by atoms with Gasteiger partial charge in [-0.25, -0.2) is 0 Å². The molecule has 160 valence electrons. The van der Waals surface area contributed by atoms with Gasteiger partial charge in [0.15, 0.2) is 0 Å². The minimum atomic E-state index is -1.80. The molecule has 0 saturated heterocycles. The Morgan fingerprint density at radius 2 is 0.793 bits per heavy atom. The predicted molar refractivity (Wildman–Crippen MR) is 107 cm³/mol. The molecule has 4 nitrogen and oxygen atoms in total. The van der Waals surface area contributed by atoms with E-state index in [2.05, 4.69) is 13.8 Å². The fourth-order valence-corrected chi connectivity index (χ4v) is 3.74. The maximum absolute atomic E-state index is 11.6. The molecule has 0 spiro atoms. The number of rotatable bonds is 20. The van der Waals surface area contributed by atoms with Crippen molar-refractivity contribution < 1.29 is 68.2 Å². The van der Waals surface area contributed by atoms with Gasteiger partial charge in [-0.2, -0.15) is 0 Å². The second-order valence-electron chi connectivity index (χ2n) is 8.11. The number of hydrogen-bond acceptors (Lipinski definition) is 4. The molecule has 0 radical (unpaired) electrons. The Kier molecular flexibility index (Phi) is 27.3. The second kappa shape index (κ2) is 23.2. The van der Waals surface area contributed by atoms with Crippen LogP contribution in [0.5, 0.6) is 0 Å². The van der Waals surface area contributed by atoms with Gasteiger partial charge in [0.2, 0.25) is 0 Å². The first-order valence-electron chi connectivity index (χ1n) is 11.4. The third-order valence-corrected chi connectivity index (χ3v) is 5.70. The van der Waals surface area contributed by atoms with Gasteiger partial charge < -0.3 is 19.8 Å². The van der Waals surface area contributed by atoms with Crippen molar-refractivity contribution in [2.45, 2.75) is 129 Å². The Bertz CT molecular complexity index is 355. The number of hydrogen-bond donors (Lipinski definition) is 0. The van der Waals surface area contributed by atoms with E-state index >= 15 is 0 Å². The van der Waals surface area contributed by atoms with E-state index in [4.69, 9.17) is 0 Å². The van der Waals surface area contributed by atoms with E-state index in [1.165, 1.54) is 51.4 Å². The molecule has 0 fully saturated rings. The van der Waals surface area contributed by atoms with Crippen LogP contribution in [0.2, 0.25) is 0 Å². The summed E-state index contributed by atoms with van der Waals surface area (Å²) >= 11 is 0. The molecule has 0 saturated carbocycles. The van der Waals surface area contributed by atoms with Crippen molar-refractivity contribution in [1.82, 2.24) is 0 Å². The van der Waals surface area contributed by atoms with Gasteiger partial charge in [-0.15, -0.1) is 0 Å². The molecule has 0 unspecified atom stereocenters. The van der Waals surface area contributed by atoms with Gasteiger partial charge in [-0.1, -0.05) is 117 Å². The summed E-state index contributed by atoms with van der Waals surface area (Å²) in [6.45, 7) is 4.37. The van der Waals surface area contributed by atoms with Crippen LogP contribution in [0.25, 0.3) is 0 Å². The molecular weight excluding hydrogens is 370 g/mol. The van der Waals surface area contributed by atoms with Crippen LogP contribution in [0, 0.1) is 5.41 Å². The SMILES string of the molecule is CCCCCCCCCCC(CCCCCCCCCC)(C(=O)[O-])C(=O)[O-].[Li+].[Na+]. The summed E-state index contributed by atoms with van der Waals surface area (Å²) in [5, 5.41) is 23.2. The van der Waals surface area contributed by atoms with Crippen molar-refractivity contribution in [3.05, 3.63) is 0 Å². The number of carbonyl (C=O) groups is 2. The zero-order valence-electron chi connectivity index (χ0n) is 19.9. The van der Waals surface area contributed by atoms with Crippen LogP contribution in [-0.4, -0.2) is 11.9 Å². The first-order chi connectivity index (χ1) is 13.0. The fraction of sp³-hybridized carbons (Fsp3) is 0.913. The summed E-state index contributed by atoms with van der Waals surface area (Å²) in [6, 6.07) is 0. The van der Waals surface area contributed by atoms with Crippen LogP contribution in [0.4, 0.5) is 0 Å². The maximum atomic E-state index is 11.6. The van der Waals surface area contributed by atoms with Crippen molar-refractivity contribution in [2.24, 2.45) is 5.41 Å². The minimum absolute atomic E-state index is 0. The zero-order chi connectivity index (χ0) is 20.4. The summed E-state index contributed by atoms with van der Waals surface area (Å²) in [5.74, 6) is -2.93. The van der Waals surface area contributed by atoms with E-state index in [0.29, 0.717) is 12.8 Å². The molecule has 0 aromatic heterocycles. The zero-order valence-corrected chi connectivity index (χ0v) is 21.9. The van der Waals surface area contributed by atoms with Crippen molar-refractivity contribution in [1.29, 1.82) is 0 Å². The molecule has 0 heterocycles. The van der Waals surface area contributed by atoms with Crippen LogP contribution in [0.3, 0.4) is 0 Å². The number of aliphatic carboxylic acids is 2. The second-order valence-corrected chi connectivity index (χ2v) is 8.11. The number of carboxylic acid groups (broad SMARTS) is 2. The Labute approximate surface area is 213 Å². The number of unbranched alkanes of at least 4 members (excludes halogenated alkanes) is 14. The molecule has 0 rings (SSSR count). The van der Waals surface area contributed by atoms with Gasteiger partial charge in [0.05, 0.1) is 11.9 Å². The van der Waals surface area contributed by atoms with E-state index in [1.54, 1.807) is 0 Å². The summed E-state index contributed by atoms with van der Waals surface area (Å²) in [4.78, 5) is 23.2. The van der Waals surface area contributed by atoms with E-state index in [0.717, 1.165) is 38.5 Å². The third kappa shape index (κ3) is 16.8. The quantitative estimate of drug-likeness (QED) is 0.139. The van der Waals surface area contributed by atoms with Crippen molar-refractivity contribution in [3.8, 4) is 0 Å². The van der Waals surface area contributed by atoms with Crippen molar-refractivity contribution >= 4 is 11.9 Å². The maximum Gasteiger partial charge on any atom is 1.00 e. The smallest absolute Gasteiger partial charge is 0.549 e. The van der Waals surface area contributed by atoms with E-state index < -0.39 is 17.4 Å². The molecule has 0 aromatic carbocycles. The molecule has 0 aliphatic carbocycles. The molecule has 0 aromatic rings. The number of carboxylic acids is 2. The first kappa shape index (κ1) is 34.2. The van der Waals surface area contributed by atoms with Crippen LogP contribution in [-0.2, 0) is 9.59 Å². The Hall–Kier alpha value is 0.537. The Morgan fingerprint density at radius 3 is 1.03 bits per heavy atom. The van der Waals surface area contributed by atoms with Crippen LogP contribution in [0.15, 0.2) is 0 Å². The number of carbonyl (C=O) groups excluding carboxylic acids is 2. The van der Waals surface area contributed by atoms with Gasteiger partial charge in [0.1, 0.15) is 0 Å². The normalized spacial score (nSPS) is 10.8. The Morgan fingerprint density at radius 1 is 0.552 bits per heavy atom.